The average molecular weight is 319 g/mol. The van der Waals surface area contributed by atoms with E-state index in [-0.39, 0.29) is 0 Å². The molecular formula is C18H29N3O2. The molecule has 0 saturated carbocycles. The third kappa shape index (κ3) is 4.59. The van der Waals surface area contributed by atoms with Crippen molar-refractivity contribution in [3.63, 3.8) is 0 Å². The van der Waals surface area contributed by atoms with E-state index >= 15 is 0 Å². The van der Waals surface area contributed by atoms with E-state index in [1.54, 1.807) is 0 Å². The van der Waals surface area contributed by atoms with Gasteiger partial charge in [0.1, 0.15) is 0 Å². The maximum absolute atomic E-state index is 5.45. The highest BCUT2D eigenvalue weighted by atomic mass is 16.7. The van der Waals surface area contributed by atoms with Crippen molar-refractivity contribution in [3.05, 3.63) is 23.8 Å². The van der Waals surface area contributed by atoms with Crippen LogP contribution in [0.15, 0.2) is 18.2 Å². The summed E-state index contributed by atoms with van der Waals surface area (Å²) in [6.45, 7) is 9.65. The molecule has 0 unspecified atom stereocenters. The maximum atomic E-state index is 5.45. The molecule has 2 aliphatic heterocycles. The van der Waals surface area contributed by atoms with E-state index < -0.39 is 0 Å². The van der Waals surface area contributed by atoms with Gasteiger partial charge in [-0.15, -0.1) is 0 Å². The zero-order chi connectivity index (χ0) is 16.1. The molecule has 2 aliphatic rings. The Morgan fingerprint density at radius 3 is 2.91 bits per heavy atom. The second-order valence-electron chi connectivity index (χ2n) is 6.64. The fraction of sp³-hybridized carbons (Fsp3) is 0.667. The molecule has 0 aliphatic carbocycles. The smallest absolute Gasteiger partial charge is 0.231 e. The first-order valence-corrected chi connectivity index (χ1v) is 8.76. The molecule has 0 aromatic heterocycles. The SMILES string of the molecule is C[C@@H](NCCCN1CCCN(C)CC1)c1ccc2c(c1)OCO2. The fourth-order valence-corrected chi connectivity index (χ4v) is 3.25. The van der Waals surface area contributed by atoms with Gasteiger partial charge in [-0.1, -0.05) is 6.07 Å². The van der Waals surface area contributed by atoms with Crippen LogP contribution in [0.5, 0.6) is 11.5 Å². The van der Waals surface area contributed by atoms with Crippen LogP contribution >= 0.6 is 0 Å². The molecule has 0 bridgehead atoms. The Bertz CT molecular complexity index is 509. The standard InChI is InChI=1S/C18H29N3O2/c1-15(16-5-6-17-18(13-16)23-14-22-17)19-7-3-9-21-10-4-8-20(2)11-12-21/h5-6,13,15,19H,3-4,7-12,14H2,1-2H3/t15-/m1/s1. The van der Waals surface area contributed by atoms with Crippen molar-refractivity contribution in [2.24, 2.45) is 0 Å². The Morgan fingerprint density at radius 1 is 1.13 bits per heavy atom. The molecule has 23 heavy (non-hydrogen) atoms. The number of hydrogen-bond donors (Lipinski definition) is 1. The Labute approximate surface area is 139 Å². The first-order chi connectivity index (χ1) is 11.2. The summed E-state index contributed by atoms with van der Waals surface area (Å²) in [5, 5.41) is 3.62. The second kappa shape index (κ2) is 7.99. The minimum absolute atomic E-state index is 0.333. The van der Waals surface area contributed by atoms with Crippen LogP contribution in [0.4, 0.5) is 0 Å². The van der Waals surface area contributed by atoms with E-state index in [4.69, 9.17) is 9.47 Å². The number of likely N-dealkylation sites (N-methyl/N-ethyl adjacent to an activating group) is 1. The number of nitrogens with zero attached hydrogens (tertiary/aromatic N) is 2. The van der Waals surface area contributed by atoms with Gasteiger partial charge in [-0.3, -0.25) is 0 Å². The maximum Gasteiger partial charge on any atom is 0.231 e. The molecule has 1 atom stereocenters. The van der Waals surface area contributed by atoms with Crippen LogP contribution < -0.4 is 14.8 Å². The molecule has 5 heteroatoms. The average Bonchev–Trinajstić information content (AvgIpc) is 2.93. The van der Waals surface area contributed by atoms with E-state index in [1.165, 1.54) is 51.1 Å². The lowest BCUT2D eigenvalue weighted by atomic mass is 10.1. The van der Waals surface area contributed by atoms with Crippen molar-refractivity contribution in [1.29, 1.82) is 0 Å². The van der Waals surface area contributed by atoms with Gasteiger partial charge in [-0.05, 0) is 70.7 Å². The topological polar surface area (TPSA) is 37.0 Å². The van der Waals surface area contributed by atoms with Crippen LogP contribution in [0.2, 0.25) is 0 Å². The van der Waals surface area contributed by atoms with Crippen LogP contribution in [-0.2, 0) is 0 Å². The Kier molecular flexibility index (Phi) is 5.75. The Hall–Kier alpha value is -1.30. The molecule has 1 aromatic rings. The third-order valence-electron chi connectivity index (χ3n) is 4.81. The monoisotopic (exact) mass is 319 g/mol. The van der Waals surface area contributed by atoms with E-state index in [0.29, 0.717) is 12.8 Å². The molecule has 1 saturated heterocycles. The normalized spacial score (nSPS) is 20.4. The molecule has 0 radical (unpaired) electrons. The Balaban J connectivity index is 1.38. The van der Waals surface area contributed by atoms with Gasteiger partial charge in [0.15, 0.2) is 11.5 Å². The number of ether oxygens (including phenoxy) is 2. The summed E-state index contributed by atoms with van der Waals surface area (Å²) in [5.41, 5.74) is 1.26. The minimum Gasteiger partial charge on any atom is -0.454 e. The highest BCUT2D eigenvalue weighted by molar-refractivity contribution is 5.45. The van der Waals surface area contributed by atoms with E-state index in [9.17, 15) is 0 Å². The van der Waals surface area contributed by atoms with Gasteiger partial charge in [-0.2, -0.15) is 0 Å². The number of hydrogen-bond acceptors (Lipinski definition) is 5. The number of rotatable bonds is 6. The first kappa shape index (κ1) is 16.6. The third-order valence-corrected chi connectivity index (χ3v) is 4.81. The molecule has 2 heterocycles. The van der Waals surface area contributed by atoms with Crippen molar-refractivity contribution in [1.82, 2.24) is 15.1 Å². The van der Waals surface area contributed by atoms with Gasteiger partial charge in [-0.25, -0.2) is 0 Å². The number of nitrogens with one attached hydrogen (secondary N) is 1. The quantitative estimate of drug-likeness (QED) is 0.813. The van der Waals surface area contributed by atoms with Gasteiger partial charge >= 0.3 is 0 Å². The van der Waals surface area contributed by atoms with Gasteiger partial charge in [0.2, 0.25) is 6.79 Å². The van der Waals surface area contributed by atoms with E-state index in [1.807, 2.05) is 6.07 Å². The highest BCUT2D eigenvalue weighted by Crippen LogP contribution is 2.34. The predicted octanol–water partition coefficient (Wildman–Crippen LogP) is 2.09. The molecule has 0 spiro atoms. The van der Waals surface area contributed by atoms with Crippen molar-refractivity contribution < 1.29 is 9.47 Å². The lowest BCUT2D eigenvalue weighted by molar-refractivity contribution is 0.174. The number of fused-ring (bicyclic) bond motifs is 1. The zero-order valence-corrected chi connectivity index (χ0v) is 14.4. The van der Waals surface area contributed by atoms with Gasteiger partial charge < -0.3 is 24.6 Å². The van der Waals surface area contributed by atoms with Gasteiger partial charge in [0.25, 0.3) is 0 Å². The lowest BCUT2D eigenvalue weighted by Gasteiger charge is -2.21. The van der Waals surface area contributed by atoms with E-state index in [2.05, 4.69) is 41.2 Å². The molecule has 0 amide bonds. The predicted molar refractivity (Wildman–Crippen MR) is 92.2 cm³/mol. The fourth-order valence-electron chi connectivity index (χ4n) is 3.25. The Morgan fingerprint density at radius 2 is 2.00 bits per heavy atom. The second-order valence-corrected chi connectivity index (χ2v) is 6.64. The zero-order valence-electron chi connectivity index (χ0n) is 14.4. The molecule has 1 N–H and O–H groups in total. The van der Waals surface area contributed by atoms with Crippen LogP contribution in [0.25, 0.3) is 0 Å². The molecule has 1 aromatic carbocycles. The summed E-state index contributed by atoms with van der Waals surface area (Å²) in [6, 6.07) is 6.55. The first-order valence-electron chi connectivity index (χ1n) is 8.76. The molecule has 5 nitrogen and oxygen atoms in total. The largest absolute Gasteiger partial charge is 0.454 e. The van der Waals surface area contributed by atoms with Crippen molar-refractivity contribution >= 4 is 0 Å². The van der Waals surface area contributed by atoms with Crippen molar-refractivity contribution in [3.8, 4) is 11.5 Å². The van der Waals surface area contributed by atoms with Crippen molar-refractivity contribution in [2.45, 2.75) is 25.8 Å². The summed E-state index contributed by atoms with van der Waals surface area (Å²) >= 11 is 0. The summed E-state index contributed by atoms with van der Waals surface area (Å²) in [5.74, 6) is 1.72. The summed E-state index contributed by atoms with van der Waals surface area (Å²) < 4.78 is 10.8. The van der Waals surface area contributed by atoms with Crippen molar-refractivity contribution in [2.75, 3.05) is 53.1 Å². The summed E-state index contributed by atoms with van der Waals surface area (Å²) in [6.07, 6.45) is 2.48. The van der Waals surface area contributed by atoms with Crippen LogP contribution in [0.1, 0.15) is 31.4 Å². The number of benzene rings is 1. The highest BCUT2D eigenvalue weighted by Gasteiger charge is 2.16. The minimum atomic E-state index is 0.333. The summed E-state index contributed by atoms with van der Waals surface area (Å²) in [4.78, 5) is 5.02. The van der Waals surface area contributed by atoms with Gasteiger partial charge in [0, 0.05) is 19.1 Å². The lowest BCUT2D eigenvalue weighted by Crippen LogP contribution is -2.31. The van der Waals surface area contributed by atoms with Crippen LogP contribution in [0.3, 0.4) is 0 Å². The van der Waals surface area contributed by atoms with Gasteiger partial charge in [0.05, 0.1) is 0 Å². The molecular weight excluding hydrogens is 290 g/mol. The molecule has 3 rings (SSSR count). The van der Waals surface area contributed by atoms with Crippen LogP contribution in [0, 0.1) is 0 Å². The van der Waals surface area contributed by atoms with Crippen LogP contribution in [-0.4, -0.2) is 62.9 Å². The molecule has 128 valence electrons. The molecule has 1 fully saturated rings. The van der Waals surface area contributed by atoms with E-state index in [0.717, 1.165) is 18.0 Å². The summed E-state index contributed by atoms with van der Waals surface area (Å²) in [7, 11) is 2.22.